The van der Waals surface area contributed by atoms with Crippen molar-refractivity contribution in [2.45, 2.75) is 32.2 Å². The monoisotopic (exact) mass is 235 g/mol. The molecule has 16 heavy (non-hydrogen) atoms. The van der Waals surface area contributed by atoms with Gasteiger partial charge in [-0.25, -0.2) is 0 Å². The highest BCUT2D eigenvalue weighted by atomic mass is 32.1. The van der Waals surface area contributed by atoms with Gasteiger partial charge in [-0.3, -0.25) is 0 Å². The van der Waals surface area contributed by atoms with Crippen LogP contribution in [0.2, 0.25) is 0 Å². The topological polar surface area (TPSA) is 39.2 Å². The molecule has 0 bridgehead atoms. The number of thiophene rings is 1. The maximum atomic E-state index is 6.09. The van der Waals surface area contributed by atoms with Gasteiger partial charge in [-0.2, -0.15) is 0 Å². The summed E-state index contributed by atoms with van der Waals surface area (Å²) in [5.74, 6) is 1.93. The number of hydrogen-bond acceptors (Lipinski definition) is 3. The standard InChI is InChI=1S/C13H17NOS/c1-2-10-5-8-13(15-10)12(14)7-6-11-4-3-9-16-11/h3-5,8-9,12H,2,6-7,14H2,1H3. The molecule has 2 nitrogen and oxygen atoms in total. The first kappa shape index (κ1) is 11.4. The van der Waals surface area contributed by atoms with Gasteiger partial charge in [0, 0.05) is 11.3 Å². The van der Waals surface area contributed by atoms with E-state index < -0.39 is 0 Å². The van der Waals surface area contributed by atoms with Gasteiger partial charge < -0.3 is 10.2 Å². The fourth-order valence-electron chi connectivity index (χ4n) is 1.68. The molecule has 1 unspecified atom stereocenters. The zero-order valence-electron chi connectivity index (χ0n) is 9.48. The lowest BCUT2D eigenvalue weighted by Crippen LogP contribution is -2.10. The van der Waals surface area contributed by atoms with Crippen LogP contribution < -0.4 is 5.73 Å². The molecule has 0 radical (unpaired) electrons. The van der Waals surface area contributed by atoms with Gasteiger partial charge in [0.25, 0.3) is 0 Å². The van der Waals surface area contributed by atoms with E-state index in [-0.39, 0.29) is 6.04 Å². The third kappa shape index (κ3) is 2.74. The zero-order chi connectivity index (χ0) is 11.4. The van der Waals surface area contributed by atoms with Crippen molar-refractivity contribution in [1.29, 1.82) is 0 Å². The van der Waals surface area contributed by atoms with Crippen molar-refractivity contribution < 1.29 is 4.42 Å². The second-order valence-electron chi connectivity index (χ2n) is 3.88. The van der Waals surface area contributed by atoms with Crippen LogP contribution >= 0.6 is 11.3 Å². The number of hydrogen-bond donors (Lipinski definition) is 1. The zero-order valence-corrected chi connectivity index (χ0v) is 10.3. The predicted octanol–water partition coefficient (Wildman–Crippen LogP) is 3.54. The highest BCUT2D eigenvalue weighted by Crippen LogP contribution is 2.21. The summed E-state index contributed by atoms with van der Waals surface area (Å²) in [7, 11) is 0. The molecule has 0 aliphatic heterocycles. The molecular formula is C13H17NOS. The Labute approximate surface area is 100 Å². The van der Waals surface area contributed by atoms with Gasteiger partial charge in [0.2, 0.25) is 0 Å². The molecule has 0 aliphatic rings. The van der Waals surface area contributed by atoms with Crippen LogP contribution in [0.1, 0.15) is 35.8 Å². The minimum Gasteiger partial charge on any atom is -0.464 e. The third-order valence-electron chi connectivity index (χ3n) is 2.68. The molecule has 0 fully saturated rings. The van der Waals surface area contributed by atoms with Gasteiger partial charge in [-0.1, -0.05) is 13.0 Å². The Balaban J connectivity index is 1.90. The van der Waals surface area contributed by atoms with Crippen molar-refractivity contribution in [2.24, 2.45) is 5.73 Å². The second-order valence-corrected chi connectivity index (χ2v) is 4.91. The van der Waals surface area contributed by atoms with Gasteiger partial charge in [0.15, 0.2) is 0 Å². The first-order valence-corrected chi connectivity index (χ1v) is 6.54. The van der Waals surface area contributed by atoms with Gasteiger partial charge >= 0.3 is 0 Å². The van der Waals surface area contributed by atoms with Crippen LogP contribution in [0.5, 0.6) is 0 Å². The van der Waals surface area contributed by atoms with E-state index in [1.807, 2.05) is 12.1 Å². The van der Waals surface area contributed by atoms with Crippen molar-refractivity contribution in [3.63, 3.8) is 0 Å². The molecule has 0 saturated carbocycles. The summed E-state index contributed by atoms with van der Waals surface area (Å²) in [6.45, 7) is 2.08. The molecule has 0 spiro atoms. The largest absolute Gasteiger partial charge is 0.464 e. The summed E-state index contributed by atoms with van der Waals surface area (Å²) in [5.41, 5.74) is 6.09. The maximum absolute atomic E-state index is 6.09. The van der Waals surface area contributed by atoms with Crippen molar-refractivity contribution in [1.82, 2.24) is 0 Å². The first-order chi connectivity index (χ1) is 7.79. The van der Waals surface area contributed by atoms with Crippen molar-refractivity contribution in [3.8, 4) is 0 Å². The van der Waals surface area contributed by atoms with Crippen LogP contribution in [-0.2, 0) is 12.8 Å². The summed E-state index contributed by atoms with van der Waals surface area (Å²) < 4.78 is 5.64. The SMILES string of the molecule is CCc1ccc(C(N)CCc2cccs2)o1. The molecule has 0 aromatic carbocycles. The Bertz CT molecular complexity index is 419. The van der Waals surface area contributed by atoms with Crippen LogP contribution in [0.4, 0.5) is 0 Å². The first-order valence-electron chi connectivity index (χ1n) is 5.66. The Morgan fingerprint density at radius 3 is 2.88 bits per heavy atom. The Hall–Kier alpha value is -1.06. The van der Waals surface area contributed by atoms with Crippen LogP contribution in [-0.4, -0.2) is 0 Å². The smallest absolute Gasteiger partial charge is 0.120 e. The normalized spacial score (nSPS) is 12.9. The molecule has 86 valence electrons. The lowest BCUT2D eigenvalue weighted by Gasteiger charge is -2.07. The molecule has 2 aromatic rings. The predicted molar refractivity (Wildman–Crippen MR) is 67.7 cm³/mol. The van der Waals surface area contributed by atoms with Crippen LogP contribution in [0.15, 0.2) is 34.1 Å². The Kier molecular flexibility index (Phi) is 3.80. The van der Waals surface area contributed by atoms with E-state index in [1.54, 1.807) is 11.3 Å². The lowest BCUT2D eigenvalue weighted by molar-refractivity contribution is 0.426. The quantitative estimate of drug-likeness (QED) is 0.861. The van der Waals surface area contributed by atoms with E-state index in [0.29, 0.717) is 0 Å². The molecule has 2 rings (SSSR count). The van der Waals surface area contributed by atoms with E-state index in [1.165, 1.54) is 4.88 Å². The molecule has 0 saturated heterocycles. The molecule has 0 amide bonds. The Morgan fingerprint density at radius 2 is 2.25 bits per heavy atom. The molecule has 2 heterocycles. The van der Waals surface area contributed by atoms with E-state index in [9.17, 15) is 0 Å². The number of nitrogens with two attached hydrogens (primary N) is 1. The van der Waals surface area contributed by atoms with Crippen molar-refractivity contribution in [2.75, 3.05) is 0 Å². The summed E-state index contributed by atoms with van der Waals surface area (Å²) in [6, 6.07) is 8.26. The minimum absolute atomic E-state index is 0.0161. The fraction of sp³-hybridized carbons (Fsp3) is 0.385. The summed E-state index contributed by atoms with van der Waals surface area (Å²) in [6.07, 6.45) is 2.90. The van der Waals surface area contributed by atoms with Crippen LogP contribution in [0.3, 0.4) is 0 Å². The summed E-state index contributed by atoms with van der Waals surface area (Å²) >= 11 is 1.78. The average Bonchev–Trinajstić information content (AvgIpc) is 2.96. The summed E-state index contributed by atoms with van der Waals surface area (Å²) in [4.78, 5) is 1.39. The van der Waals surface area contributed by atoms with E-state index in [2.05, 4.69) is 24.4 Å². The van der Waals surface area contributed by atoms with Gasteiger partial charge in [-0.05, 0) is 36.4 Å². The molecule has 1 atom stereocenters. The van der Waals surface area contributed by atoms with Gasteiger partial charge in [0.05, 0.1) is 6.04 Å². The second kappa shape index (κ2) is 5.32. The molecule has 3 heteroatoms. The number of furan rings is 1. The van der Waals surface area contributed by atoms with E-state index in [4.69, 9.17) is 10.2 Å². The average molecular weight is 235 g/mol. The van der Waals surface area contributed by atoms with E-state index in [0.717, 1.165) is 30.8 Å². The number of aryl methyl sites for hydroxylation is 2. The molecule has 2 N–H and O–H groups in total. The van der Waals surface area contributed by atoms with Gasteiger partial charge in [0.1, 0.15) is 11.5 Å². The van der Waals surface area contributed by atoms with Crippen molar-refractivity contribution >= 4 is 11.3 Å². The molecule has 0 aliphatic carbocycles. The third-order valence-corrected chi connectivity index (χ3v) is 3.61. The Morgan fingerprint density at radius 1 is 1.38 bits per heavy atom. The van der Waals surface area contributed by atoms with Crippen LogP contribution in [0, 0.1) is 0 Å². The number of rotatable bonds is 5. The molecular weight excluding hydrogens is 218 g/mol. The summed E-state index contributed by atoms with van der Waals surface area (Å²) in [5, 5.41) is 2.10. The van der Waals surface area contributed by atoms with Gasteiger partial charge in [-0.15, -0.1) is 11.3 Å². The highest BCUT2D eigenvalue weighted by Gasteiger charge is 2.10. The van der Waals surface area contributed by atoms with E-state index >= 15 is 0 Å². The highest BCUT2D eigenvalue weighted by molar-refractivity contribution is 7.09. The molecule has 2 aromatic heterocycles. The van der Waals surface area contributed by atoms with Crippen LogP contribution in [0.25, 0.3) is 0 Å². The van der Waals surface area contributed by atoms with Crippen molar-refractivity contribution in [3.05, 3.63) is 46.0 Å². The minimum atomic E-state index is 0.0161. The lowest BCUT2D eigenvalue weighted by atomic mass is 10.1. The maximum Gasteiger partial charge on any atom is 0.120 e. The fourth-order valence-corrected chi connectivity index (χ4v) is 2.40.